The van der Waals surface area contributed by atoms with Crippen LogP contribution in [0.25, 0.3) is 0 Å². The second kappa shape index (κ2) is 10.9. The van der Waals surface area contributed by atoms with Crippen molar-refractivity contribution >= 4 is 33.5 Å². The average molecular weight is 461 g/mol. The summed E-state index contributed by atoms with van der Waals surface area (Å²) < 4.78 is 2.20. The minimum Gasteiger partial charge on any atom is -1.00 e. The van der Waals surface area contributed by atoms with Crippen molar-refractivity contribution in [2.75, 3.05) is 37.0 Å². The molecule has 0 saturated carbocycles. The van der Waals surface area contributed by atoms with Gasteiger partial charge in [0.1, 0.15) is 5.69 Å². The minimum atomic E-state index is 0. The molecule has 0 aliphatic heterocycles. The molecule has 148 valence electrons. The molecule has 28 heavy (non-hydrogen) atoms. The lowest BCUT2D eigenvalue weighted by molar-refractivity contribution is -0.694. The van der Waals surface area contributed by atoms with Crippen LogP contribution in [0.5, 0.6) is 0 Å². The summed E-state index contributed by atoms with van der Waals surface area (Å²) in [5, 5.41) is 11.2. The van der Waals surface area contributed by atoms with E-state index in [9.17, 15) is 0 Å². The van der Waals surface area contributed by atoms with Gasteiger partial charge in [0.25, 0.3) is 0 Å². The van der Waals surface area contributed by atoms with E-state index >= 15 is 0 Å². The molecule has 6 nitrogen and oxygen atoms in total. The lowest BCUT2D eigenvalue weighted by Gasteiger charge is -2.24. The van der Waals surface area contributed by atoms with Gasteiger partial charge < -0.3 is 26.8 Å². The fraction of sp³-hybridized carbons (Fsp3) is 0.300. The highest BCUT2D eigenvalue weighted by Gasteiger charge is 2.12. The second-order valence-electron chi connectivity index (χ2n) is 6.28. The van der Waals surface area contributed by atoms with E-state index < -0.39 is 0 Å². The van der Waals surface area contributed by atoms with Crippen molar-refractivity contribution in [1.82, 2.24) is 4.98 Å². The fourth-order valence-electron chi connectivity index (χ4n) is 2.80. The Labute approximate surface area is 181 Å². The lowest BCUT2D eigenvalue weighted by atomic mass is 10.2. The lowest BCUT2D eigenvalue weighted by Crippen LogP contribution is -3.00. The molecule has 3 rings (SSSR count). The Morgan fingerprint density at radius 1 is 1.11 bits per heavy atom. The topological polar surface area (TPSA) is 48.0 Å². The summed E-state index contributed by atoms with van der Waals surface area (Å²) >= 11 is 1.48. The van der Waals surface area contributed by atoms with Crippen molar-refractivity contribution in [2.45, 2.75) is 13.5 Å². The van der Waals surface area contributed by atoms with Crippen molar-refractivity contribution in [3.63, 3.8) is 0 Å². The number of thiazole rings is 1. The number of hydrogen-bond acceptors (Lipinski definition) is 6. The zero-order valence-corrected chi connectivity index (χ0v) is 18.8. The van der Waals surface area contributed by atoms with Crippen molar-refractivity contribution in [1.29, 1.82) is 0 Å². The van der Waals surface area contributed by atoms with Gasteiger partial charge >= 0.3 is 0 Å². The summed E-state index contributed by atoms with van der Waals surface area (Å²) in [5.74, 6) is 0. The Morgan fingerprint density at radius 2 is 1.89 bits per heavy atom. The number of anilines is 2. The Hall–Kier alpha value is -2.32. The van der Waals surface area contributed by atoms with Gasteiger partial charge in [-0.15, -0.1) is 21.6 Å². The molecule has 1 aromatic carbocycles. The predicted octanol–water partition coefficient (Wildman–Crippen LogP) is 1.44. The van der Waals surface area contributed by atoms with Crippen LogP contribution in [-0.2, 0) is 6.54 Å². The first-order chi connectivity index (χ1) is 13.2. The number of halogens is 1. The number of rotatable bonds is 8. The van der Waals surface area contributed by atoms with Gasteiger partial charge in [0.05, 0.1) is 12.2 Å². The molecule has 0 saturated heterocycles. The molecule has 2 heterocycles. The number of pyridine rings is 1. The molecule has 0 radical (unpaired) electrons. The van der Waals surface area contributed by atoms with E-state index in [1.54, 1.807) is 6.20 Å². The zero-order valence-electron chi connectivity index (χ0n) is 16.4. The van der Waals surface area contributed by atoms with Gasteiger partial charge in [-0.1, -0.05) is 6.07 Å². The van der Waals surface area contributed by atoms with E-state index in [1.807, 2.05) is 31.6 Å². The van der Waals surface area contributed by atoms with E-state index in [0.717, 1.165) is 31.0 Å². The summed E-state index contributed by atoms with van der Waals surface area (Å²) in [6, 6.07) is 12.5. The van der Waals surface area contributed by atoms with Gasteiger partial charge in [-0.25, -0.2) is 9.55 Å². The van der Waals surface area contributed by atoms with Crippen LogP contribution in [0, 0.1) is 0 Å². The normalized spacial score (nSPS) is 10.7. The Balaban J connectivity index is 0.00000280. The van der Waals surface area contributed by atoms with E-state index in [1.165, 1.54) is 17.0 Å². The predicted molar refractivity (Wildman–Crippen MR) is 112 cm³/mol. The highest BCUT2D eigenvalue weighted by molar-refractivity contribution is 7.13. The maximum absolute atomic E-state index is 4.40. The highest BCUT2D eigenvalue weighted by atomic mass is 79.9. The summed E-state index contributed by atoms with van der Waals surface area (Å²) in [6.07, 6.45) is 5.93. The number of aromatic nitrogens is 2. The van der Waals surface area contributed by atoms with Gasteiger partial charge in [-0.05, 0) is 25.1 Å². The molecule has 0 atom stereocenters. The third-order valence-corrected chi connectivity index (χ3v) is 4.91. The molecule has 2 aromatic heterocycles. The first kappa shape index (κ1) is 22.0. The molecule has 0 fully saturated rings. The Kier molecular flexibility index (Phi) is 8.53. The smallest absolute Gasteiger partial charge is 0.229 e. The molecule has 0 N–H and O–H groups in total. The van der Waals surface area contributed by atoms with Crippen molar-refractivity contribution < 1.29 is 21.5 Å². The largest absolute Gasteiger partial charge is 1.00 e. The van der Waals surface area contributed by atoms with Crippen molar-refractivity contribution in [3.05, 3.63) is 60.4 Å². The molecule has 0 amide bonds. The Bertz CT molecular complexity index is 868. The maximum atomic E-state index is 4.40. The molecule has 0 unspecified atom stereocenters. The average Bonchev–Trinajstić information content (AvgIpc) is 3.21. The first-order valence-electron chi connectivity index (χ1n) is 8.99. The van der Waals surface area contributed by atoms with E-state index in [4.69, 9.17) is 0 Å². The van der Waals surface area contributed by atoms with Crippen LogP contribution >= 0.6 is 11.3 Å². The molecule has 3 aromatic rings. The summed E-state index contributed by atoms with van der Waals surface area (Å²) in [7, 11) is 4.05. The molecule has 0 aliphatic carbocycles. The van der Waals surface area contributed by atoms with E-state index in [2.05, 4.69) is 73.2 Å². The molecule has 8 heteroatoms. The monoisotopic (exact) mass is 460 g/mol. The summed E-state index contributed by atoms with van der Waals surface area (Å²) in [6.45, 7) is 5.01. The van der Waals surface area contributed by atoms with Gasteiger partial charge in [-0.2, -0.15) is 0 Å². The zero-order chi connectivity index (χ0) is 19.1. The van der Waals surface area contributed by atoms with Crippen molar-refractivity contribution in [3.8, 4) is 0 Å². The molecule has 0 spiro atoms. The van der Waals surface area contributed by atoms with Crippen LogP contribution in [0.3, 0.4) is 0 Å². The van der Waals surface area contributed by atoms with Crippen LogP contribution in [0.4, 0.5) is 22.2 Å². The number of azo groups is 1. The summed E-state index contributed by atoms with van der Waals surface area (Å²) in [5.41, 5.74) is 3.07. The number of nitrogens with zero attached hydrogens (tertiary/aromatic N) is 6. The van der Waals surface area contributed by atoms with E-state index in [0.29, 0.717) is 5.13 Å². The molecule has 0 aliphatic rings. The van der Waals surface area contributed by atoms with Crippen LogP contribution in [0.2, 0.25) is 0 Å². The van der Waals surface area contributed by atoms with Gasteiger partial charge in [0.2, 0.25) is 5.13 Å². The van der Waals surface area contributed by atoms with Gasteiger partial charge in [0, 0.05) is 50.0 Å². The van der Waals surface area contributed by atoms with Gasteiger partial charge in [-0.3, -0.25) is 0 Å². The number of likely N-dealkylation sites (N-methyl/N-ethyl adjacent to an activating group) is 1. The fourth-order valence-corrected chi connectivity index (χ4v) is 3.26. The van der Waals surface area contributed by atoms with Crippen LogP contribution in [0.1, 0.15) is 6.92 Å². The van der Waals surface area contributed by atoms with Gasteiger partial charge in [0.15, 0.2) is 18.9 Å². The Morgan fingerprint density at radius 3 is 2.54 bits per heavy atom. The molecule has 0 bridgehead atoms. The number of benzene rings is 1. The van der Waals surface area contributed by atoms with Crippen LogP contribution < -0.4 is 31.3 Å². The SMILES string of the molecule is CCN(CC[n+]1ccccc1)c1ccc(/N=N/c2nccs2)c(N(C)C)c1.[Br-]. The third kappa shape index (κ3) is 5.84. The van der Waals surface area contributed by atoms with Crippen molar-refractivity contribution in [2.24, 2.45) is 10.2 Å². The van der Waals surface area contributed by atoms with Crippen LogP contribution in [0.15, 0.2) is 70.6 Å². The van der Waals surface area contributed by atoms with E-state index in [-0.39, 0.29) is 17.0 Å². The molecular weight excluding hydrogens is 436 g/mol. The standard InChI is InChI=1S/C20H25N6S.BrH/c1-4-26(14-13-25-11-6-5-7-12-25)17-8-9-18(19(16-17)24(2)3)22-23-20-21-10-15-27-20;/h5-12,15-16H,4,13-14H2,1-3H3;1H/q+1;/p-1/b23-22+;. The first-order valence-corrected chi connectivity index (χ1v) is 9.87. The minimum absolute atomic E-state index is 0. The third-order valence-electron chi connectivity index (χ3n) is 4.26. The molecular formula is C20H25BrN6S. The summed E-state index contributed by atoms with van der Waals surface area (Å²) in [4.78, 5) is 8.59. The van der Waals surface area contributed by atoms with Crippen LogP contribution in [-0.4, -0.2) is 32.2 Å². The second-order valence-corrected chi connectivity index (χ2v) is 7.15. The quantitative estimate of drug-likeness (QED) is 0.377. The highest BCUT2D eigenvalue weighted by Crippen LogP contribution is 2.33. The maximum Gasteiger partial charge on any atom is 0.229 e. The number of hydrogen-bond donors (Lipinski definition) is 0.